The number of hydrogen-bond donors (Lipinski definition) is 3. The molecule has 1 heterocycles. The number of carbonyl (C=O) groups is 2. The number of amides is 1. The molecule has 0 bridgehead atoms. The monoisotopic (exact) mass is 467 g/mol. The van der Waals surface area contributed by atoms with Gasteiger partial charge in [0, 0.05) is 16.8 Å². The van der Waals surface area contributed by atoms with E-state index < -0.39 is 17.7 Å². The van der Waals surface area contributed by atoms with Crippen LogP contribution < -0.4 is 10.3 Å². The number of fused-ring (bicyclic) bond motifs is 1. The molecule has 5 rings (SSSR count). The summed E-state index contributed by atoms with van der Waals surface area (Å²) >= 11 is 0. The molecule has 0 aromatic heterocycles. The molecule has 4 aromatic carbocycles. The number of hydrazone groups is 1. The Hall–Kier alpha value is -4.98. The number of carboxylic acid groups (broad SMARTS) is 1. The summed E-state index contributed by atoms with van der Waals surface area (Å²) in [7, 11) is 0. The quantitative estimate of drug-likeness (QED) is 0.270. The minimum atomic E-state index is -1.08. The summed E-state index contributed by atoms with van der Waals surface area (Å²) in [5.74, 6) is -2.18. The van der Waals surface area contributed by atoms with Crippen LogP contribution in [0.4, 0.5) is 21.5 Å². The van der Waals surface area contributed by atoms with Crippen LogP contribution in [0.15, 0.2) is 96.1 Å². The third-order valence-electron chi connectivity index (χ3n) is 5.62. The van der Waals surface area contributed by atoms with E-state index in [4.69, 9.17) is 0 Å². The highest BCUT2D eigenvalue weighted by Gasteiger charge is 2.35. The molecule has 3 N–H and O–H groups in total. The molecule has 7 nitrogen and oxygen atoms in total. The first-order valence-corrected chi connectivity index (χ1v) is 10.6. The van der Waals surface area contributed by atoms with Crippen molar-refractivity contribution in [3.8, 4) is 16.9 Å². The van der Waals surface area contributed by atoms with Gasteiger partial charge < -0.3 is 10.2 Å². The van der Waals surface area contributed by atoms with E-state index in [9.17, 15) is 24.2 Å². The predicted molar refractivity (Wildman–Crippen MR) is 131 cm³/mol. The molecule has 0 saturated carbocycles. The molecule has 1 amide bonds. The van der Waals surface area contributed by atoms with Gasteiger partial charge in [0.05, 0.1) is 16.9 Å². The Morgan fingerprint density at radius 3 is 2.43 bits per heavy atom. The van der Waals surface area contributed by atoms with Gasteiger partial charge in [0.25, 0.3) is 5.91 Å². The second-order valence-electron chi connectivity index (χ2n) is 7.80. The minimum Gasteiger partial charge on any atom is -0.505 e. The Morgan fingerprint density at radius 1 is 0.886 bits per heavy atom. The van der Waals surface area contributed by atoms with Gasteiger partial charge in [-0.15, -0.1) is 0 Å². The highest BCUT2D eigenvalue weighted by atomic mass is 19.1. The minimum absolute atomic E-state index is 0.0570. The van der Waals surface area contributed by atoms with Crippen LogP contribution in [0.2, 0.25) is 0 Å². The topological polar surface area (TPSA) is 102 Å². The van der Waals surface area contributed by atoms with Crippen molar-refractivity contribution < 1.29 is 24.2 Å². The Bertz CT molecular complexity index is 1500. The average molecular weight is 467 g/mol. The number of phenolic OH excluding ortho intramolecular Hbond substituents is 1. The Kier molecular flexibility index (Phi) is 5.46. The third-order valence-corrected chi connectivity index (χ3v) is 5.62. The molecular weight excluding hydrogens is 449 g/mol. The van der Waals surface area contributed by atoms with Crippen LogP contribution in [0.3, 0.4) is 0 Å². The van der Waals surface area contributed by atoms with Crippen molar-refractivity contribution in [2.75, 3.05) is 10.3 Å². The zero-order valence-corrected chi connectivity index (χ0v) is 18.1. The van der Waals surface area contributed by atoms with E-state index in [1.54, 1.807) is 54.6 Å². The van der Waals surface area contributed by atoms with Crippen molar-refractivity contribution in [1.82, 2.24) is 0 Å². The third kappa shape index (κ3) is 3.97. The van der Waals surface area contributed by atoms with Crippen molar-refractivity contribution in [1.29, 1.82) is 0 Å². The smallest absolute Gasteiger partial charge is 0.335 e. The van der Waals surface area contributed by atoms with Crippen LogP contribution in [0.5, 0.6) is 5.75 Å². The van der Waals surface area contributed by atoms with E-state index in [0.29, 0.717) is 28.1 Å². The molecule has 0 atom stereocenters. The van der Waals surface area contributed by atoms with Crippen LogP contribution in [-0.4, -0.2) is 27.8 Å². The molecule has 1 aliphatic rings. The maximum Gasteiger partial charge on any atom is 0.335 e. The van der Waals surface area contributed by atoms with Gasteiger partial charge in [-0.05, 0) is 54.1 Å². The maximum absolute atomic E-state index is 14.0. The summed E-state index contributed by atoms with van der Waals surface area (Å²) in [6.07, 6.45) is 0. The molecule has 1 aliphatic heterocycles. The summed E-state index contributed by atoms with van der Waals surface area (Å²) in [6, 6.07) is 23.9. The first kappa shape index (κ1) is 21.8. The Balaban J connectivity index is 1.52. The van der Waals surface area contributed by atoms with Crippen molar-refractivity contribution in [3.63, 3.8) is 0 Å². The number of hydrogen-bond acceptors (Lipinski definition) is 5. The number of carbonyl (C=O) groups excluding carboxylic acids is 1. The number of aromatic carboxylic acids is 1. The normalized spacial score (nSPS) is 13.7. The summed E-state index contributed by atoms with van der Waals surface area (Å²) < 4.78 is 14.0. The van der Waals surface area contributed by atoms with E-state index in [0.717, 1.165) is 0 Å². The van der Waals surface area contributed by atoms with Gasteiger partial charge >= 0.3 is 5.97 Å². The highest BCUT2D eigenvalue weighted by molar-refractivity contribution is 6.55. The molecule has 4 aromatic rings. The summed E-state index contributed by atoms with van der Waals surface area (Å²) in [5.41, 5.74) is 5.37. The number of nitrogens with one attached hydrogen (secondary N) is 1. The van der Waals surface area contributed by atoms with E-state index in [-0.39, 0.29) is 22.7 Å². The highest BCUT2D eigenvalue weighted by Crippen LogP contribution is 2.38. The van der Waals surface area contributed by atoms with Crippen LogP contribution in [-0.2, 0) is 4.79 Å². The van der Waals surface area contributed by atoms with Crippen molar-refractivity contribution in [3.05, 3.63) is 108 Å². The number of phenols is 1. The summed E-state index contributed by atoms with van der Waals surface area (Å²) in [6.45, 7) is 0. The fourth-order valence-electron chi connectivity index (χ4n) is 3.96. The summed E-state index contributed by atoms with van der Waals surface area (Å²) in [4.78, 5) is 26.0. The lowest BCUT2D eigenvalue weighted by Crippen LogP contribution is -2.26. The van der Waals surface area contributed by atoms with Crippen molar-refractivity contribution >= 4 is 34.7 Å². The van der Waals surface area contributed by atoms with Crippen LogP contribution in [0.1, 0.15) is 15.9 Å². The van der Waals surface area contributed by atoms with E-state index >= 15 is 0 Å². The van der Waals surface area contributed by atoms with Crippen LogP contribution >= 0.6 is 0 Å². The van der Waals surface area contributed by atoms with E-state index in [1.807, 2.05) is 6.07 Å². The lowest BCUT2D eigenvalue weighted by molar-refractivity contribution is -0.111. The average Bonchev–Trinajstić information content (AvgIpc) is 3.14. The molecule has 0 aliphatic carbocycles. The largest absolute Gasteiger partial charge is 0.505 e. The summed E-state index contributed by atoms with van der Waals surface area (Å²) in [5, 5.41) is 24.4. The molecule has 8 heteroatoms. The second kappa shape index (κ2) is 8.75. The number of halogens is 1. The number of anilines is 3. The Labute approximate surface area is 199 Å². The first-order chi connectivity index (χ1) is 16.9. The fraction of sp³-hybridized carbons (Fsp3) is 0. The van der Waals surface area contributed by atoms with Gasteiger partial charge in [0.2, 0.25) is 0 Å². The molecule has 0 radical (unpaired) electrons. The van der Waals surface area contributed by atoms with Crippen LogP contribution in [0.25, 0.3) is 11.1 Å². The molecule has 0 saturated heterocycles. The number of nitrogens with zero attached hydrogens (tertiary/aromatic N) is 2. The molecule has 0 spiro atoms. The number of carboxylic acids is 1. The maximum atomic E-state index is 14.0. The molecular formula is C27H18FN3O4. The van der Waals surface area contributed by atoms with Gasteiger partial charge in [-0.1, -0.05) is 42.5 Å². The number of aromatic hydroxyl groups is 1. The van der Waals surface area contributed by atoms with Gasteiger partial charge in [-0.3, -0.25) is 15.1 Å². The number of benzene rings is 4. The standard InChI is InChI=1S/C27H18FN3O4/c28-18-12-13-21-23(15-18)31(19-8-2-1-3-9-19)26(33)24(21)30-29-22-11-5-10-20(25(22)32)16-6-4-7-17(14-16)27(34)35/h1-15,29,32H,(H,34,35)/b30-24-. The van der Waals surface area contributed by atoms with E-state index in [1.165, 1.54) is 35.2 Å². The van der Waals surface area contributed by atoms with Crippen molar-refractivity contribution in [2.45, 2.75) is 0 Å². The van der Waals surface area contributed by atoms with Crippen LogP contribution in [0, 0.1) is 5.82 Å². The van der Waals surface area contributed by atoms with Crippen molar-refractivity contribution in [2.24, 2.45) is 5.10 Å². The van der Waals surface area contributed by atoms with Gasteiger partial charge in [0.1, 0.15) is 11.6 Å². The number of para-hydroxylation sites is 2. The fourth-order valence-corrected chi connectivity index (χ4v) is 3.96. The van der Waals surface area contributed by atoms with Gasteiger partial charge in [0.15, 0.2) is 5.71 Å². The molecule has 0 fully saturated rings. The number of rotatable bonds is 5. The SMILES string of the molecule is O=C(O)c1cccc(-c2cccc(N/N=C3\C(=O)N(c4ccccc4)c4cc(F)ccc43)c2O)c1. The first-order valence-electron chi connectivity index (χ1n) is 10.6. The van der Waals surface area contributed by atoms with Gasteiger partial charge in [-0.2, -0.15) is 5.10 Å². The second-order valence-corrected chi connectivity index (χ2v) is 7.80. The molecule has 35 heavy (non-hydrogen) atoms. The Morgan fingerprint density at radius 2 is 1.66 bits per heavy atom. The lowest BCUT2D eigenvalue weighted by Gasteiger charge is -2.16. The lowest BCUT2D eigenvalue weighted by atomic mass is 10.0. The zero-order valence-electron chi connectivity index (χ0n) is 18.1. The van der Waals surface area contributed by atoms with Gasteiger partial charge in [-0.25, -0.2) is 9.18 Å². The zero-order chi connectivity index (χ0) is 24.5. The predicted octanol–water partition coefficient (Wildman–Crippen LogP) is 5.39. The van der Waals surface area contributed by atoms with E-state index in [2.05, 4.69) is 10.5 Å². The molecule has 172 valence electrons. The molecule has 0 unspecified atom stereocenters.